The summed E-state index contributed by atoms with van der Waals surface area (Å²) in [5, 5.41) is 10.3. The van der Waals surface area contributed by atoms with Crippen molar-refractivity contribution in [2.24, 2.45) is 5.92 Å². The van der Waals surface area contributed by atoms with Crippen molar-refractivity contribution in [3.63, 3.8) is 0 Å². The van der Waals surface area contributed by atoms with Gasteiger partial charge in [-0.1, -0.05) is 48.5 Å². The molecular weight excluding hydrogens is 452 g/mol. The molecule has 0 atom stereocenters. The smallest absolute Gasteiger partial charge is 0.407 e. The van der Waals surface area contributed by atoms with Gasteiger partial charge in [0, 0.05) is 48.4 Å². The Morgan fingerprint density at radius 3 is 2.56 bits per heavy atom. The quantitative estimate of drug-likeness (QED) is 0.371. The van der Waals surface area contributed by atoms with Gasteiger partial charge in [-0.3, -0.25) is 4.40 Å². The van der Waals surface area contributed by atoms with Crippen molar-refractivity contribution in [3.05, 3.63) is 78.9 Å². The molecule has 1 fully saturated rings. The van der Waals surface area contributed by atoms with Crippen molar-refractivity contribution in [2.75, 3.05) is 18.8 Å². The van der Waals surface area contributed by atoms with Crippen molar-refractivity contribution in [3.8, 4) is 22.5 Å². The lowest BCUT2D eigenvalue weighted by atomic mass is 9.93. The lowest BCUT2D eigenvalue weighted by molar-refractivity contribution is 0.124. The number of nitrogen functional groups attached to an aromatic ring is 1. The second kappa shape index (κ2) is 8.96. The molecule has 2 aromatic carbocycles. The maximum absolute atomic E-state index is 11.3. The van der Waals surface area contributed by atoms with Gasteiger partial charge in [-0.25, -0.2) is 19.7 Å². The van der Waals surface area contributed by atoms with Gasteiger partial charge in [-0.05, 0) is 30.9 Å². The van der Waals surface area contributed by atoms with Crippen LogP contribution in [0.2, 0.25) is 0 Å². The van der Waals surface area contributed by atoms with E-state index in [9.17, 15) is 9.90 Å². The van der Waals surface area contributed by atoms with Crippen LogP contribution in [0.3, 0.4) is 0 Å². The molecule has 0 saturated carbocycles. The van der Waals surface area contributed by atoms with Gasteiger partial charge in [0.05, 0.1) is 11.2 Å². The topological polar surface area (TPSA) is 110 Å². The first kappa shape index (κ1) is 22.0. The maximum Gasteiger partial charge on any atom is 0.407 e. The number of aromatic nitrogens is 4. The van der Waals surface area contributed by atoms with Gasteiger partial charge in [-0.15, -0.1) is 0 Å². The standard InChI is InChI=1S/C28H26N6O2/c29-27-26-25(21-7-6-20-8-9-22(31-23(20)17-21)19-4-2-1-3-5-19)32-24(34(26)15-12-30-27)16-18-10-13-33(14-11-18)28(35)36/h1-9,12,15,17-18H,10-11,13-14,16H2,(H2,29,30)(H,35,36). The summed E-state index contributed by atoms with van der Waals surface area (Å²) in [5.41, 5.74) is 11.7. The molecule has 0 aliphatic carbocycles. The highest BCUT2D eigenvalue weighted by Gasteiger charge is 2.25. The predicted octanol–water partition coefficient (Wildman–Crippen LogP) is 5.13. The van der Waals surface area contributed by atoms with Crippen LogP contribution < -0.4 is 5.73 Å². The zero-order chi connectivity index (χ0) is 24.6. The second-order valence-corrected chi connectivity index (χ2v) is 9.29. The zero-order valence-corrected chi connectivity index (χ0v) is 19.7. The van der Waals surface area contributed by atoms with Crippen LogP contribution in [-0.4, -0.2) is 48.5 Å². The number of nitrogens with zero attached hydrogens (tertiary/aromatic N) is 5. The number of piperidine rings is 1. The van der Waals surface area contributed by atoms with Crippen LogP contribution in [0.5, 0.6) is 0 Å². The molecule has 0 spiro atoms. The number of carboxylic acid groups (broad SMARTS) is 1. The molecule has 36 heavy (non-hydrogen) atoms. The fourth-order valence-corrected chi connectivity index (χ4v) is 5.09. The van der Waals surface area contributed by atoms with Crippen LogP contribution >= 0.6 is 0 Å². The number of fused-ring (bicyclic) bond motifs is 2. The molecule has 4 heterocycles. The molecule has 0 radical (unpaired) electrons. The SMILES string of the molecule is Nc1nccn2c(CC3CCN(C(=O)O)CC3)nc(-c3ccc4ccc(-c5ccccc5)nc4c3)c12. The van der Waals surface area contributed by atoms with Crippen molar-refractivity contribution in [1.29, 1.82) is 0 Å². The summed E-state index contributed by atoms with van der Waals surface area (Å²) >= 11 is 0. The summed E-state index contributed by atoms with van der Waals surface area (Å²) in [5.74, 6) is 1.70. The summed E-state index contributed by atoms with van der Waals surface area (Å²) < 4.78 is 2.03. The number of benzene rings is 2. The van der Waals surface area contributed by atoms with E-state index in [0.717, 1.165) is 64.0 Å². The van der Waals surface area contributed by atoms with E-state index in [1.165, 1.54) is 4.90 Å². The molecule has 3 aromatic heterocycles. The third-order valence-electron chi connectivity index (χ3n) is 7.05. The van der Waals surface area contributed by atoms with Crippen LogP contribution in [0, 0.1) is 5.92 Å². The van der Waals surface area contributed by atoms with Gasteiger partial charge < -0.3 is 15.7 Å². The Kier molecular flexibility index (Phi) is 5.48. The van der Waals surface area contributed by atoms with Crippen LogP contribution in [0.25, 0.3) is 38.9 Å². The van der Waals surface area contributed by atoms with Crippen molar-refractivity contribution in [1.82, 2.24) is 24.3 Å². The number of pyridine rings is 1. The Bertz CT molecular complexity index is 1570. The Hall–Kier alpha value is -4.46. The Balaban J connectivity index is 1.38. The summed E-state index contributed by atoms with van der Waals surface area (Å²) in [6, 6.07) is 20.4. The minimum atomic E-state index is -0.846. The van der Waals surface area contributed by atoms with Gasteiger partial charge in [0.15, 0.2) is 0 Å². The highest BCUT2D eigenvalue weighted by molar-refractivity contribution is 5.91. The number of rotatable bonds is 4. The van der Waals surface area contributed by atoms with Crippen LogP contribution in [0.15, 0.2) is 73.1 Å². The number of hydrogen-bond donors (Lipinski definition) is 2. The molecule has 0 bridgehead atoms. The van der Waals surface area contributed by atoms with Crippen LogP contribution in [0.1, 0.15) is 18.7 Å². The van der Waals surface area contributed by atoms with E-state index in [2.05, 4.69) is 41.4 Å². The van der Waals surface area contributed by atoms with E-state index >= 15 is 0 Å². The number of nitrogens with two attached hydrogens (primary N) is 1. The summed E-state index contributed by atoms with van der Waals surface area (Å²) in [7, 11) is 0. The van der Waals surface area contributed by atoms with Gasteiger partial charge in [-0.2, -0.15) is 0 Å². The van der Waals surface area contributed by atoms with Crippen LogP contribution in [0.4, 0.5) is 10.6 Å². The highest BCUT2D eigenvalue weighted by atomic mass is 16.4. The molecule has 180 valence electrons. The molecule has 8 nitrogen and oxygen atoms in total. The third kappa shape index (κ3) is 4.00. The molecule has 1 saturated heterocycles. The second-order valence-electron chi connectivity index (χ2n) is 9.29. The van der Waals surface area contributed by atoms with Gasteiger partial charge in [0.25, 0.3) is 0 Å². The monoisotopic (exact) mass is 478 g/mol. The van der Waals surface area contributed by atoms with Crippen LogP contribution in [-0.2, 0) is 6.42 Å². The number of anilines is 1. The summed E-state index contributed by atoms with van der Waals surface area (Å²) in [6.07, 6.45) is 5.14. The third-order valence-corrected chi connectivity index (χ3v) is 7.05. The lowest BCUT2D eigenvalue weighted by Gasteiger charge is -2.29. The van der Waals surface area contributed by atoms with Crippen molar-refractivity contribution >= 4 is 28.3 Å². The highest BCUT2D eigenvalue weighted by Crippen LogP contribution is 2.32. The number of imidazole rings is 1. The first-order valence-corrected chi connectivity index (χ1v) is 12.1. The largest absolute Gasteiger partial charge is 0.465 e. The summed E-state index contributed by atoms with van der Waals surface area (Å²) in [4.78, 5) is 27.0. The van der Waals surface area contributed by atoms with Gasteiger partial charge in [0.1, 0.15) is 22.9 Å². The molecule has 1 aliphatic heterocycles. The first-order valence-electron chi connectivity index (χ1n) is 12.1. The van der Waals surface area contributed by atoms with E-state index < -0.39 is 6.09 Å². The molecule has 6 rings (SSSR count). The zero-order valence-electron chi connectivity index (χ0n) is 19.7. The van der Waals surface area contributed by atoms with E-state index in [-0.39, 0.29) is 0 Å². The predicted molar refractivity (Wildman–Crippen MR) is 140 cm³/mol. The minimum Gasteiger partial charge on any atom is -0.465 e. The molecule has 3 N–H and O–H groups in total. The molecule has 8 heteroatoms. The number of likely N-dealkylation sites (tertiary alicyclic amines) is 1. The average Bonchev–Trinajstić information content (AvgIpc) is 3.28. The van der Waals surface area contributed by atoms with Crippen molar-refractivity contribution in [2.45, 2.75) is 19.3 Å². The Morgan fingerprint density at radius 2 is 1.78 bits per heavy atom. The van der Waals surface area contributed by atoms with E-state index in [1.54, 1.807) is 6.20 Å². The average molecular weight is 479 g/mol. The van der Waals surface area contributed by atoms with Gasteiger partial charge in [0.2, 0.25) is 0 Å². The normalized spacial score (nSPS) is 14.5. The fourth-order valence-electron chi connectivity index (χ4n) is 5.09. The van der Waals surface area contributed by atoms with Gasteiger partial charge >= 0.3 is 6.09 Å². The van der Waals surface area contributed by atoms with E-state index in [0.29, 0.717) is 24.8 Å². The van der Waals surface area contributed by atoms with E-state index in [1.807, 2.05) is 34.9 Å². The number of hydrogen-bond acceptors (Lipinski definition) is 5. The number of amides is 1. The number of carbonyl (C=O) groups is 1. The lowest BCUT2D eigenvalue weighted by Crippen LogP contribution is -2.38. The first-order chi connectivity index (χ1) is 17.6. The molecular formula is C28H26N6O2. The molecule has 1 aliphatic rings. The maximum atomic E-state index is 11.3. The Morgan fingerprint density at radius 1 is 1.00 bits per heavy atom. The Labute approximate surface area is 208 Å². The van der Waals surface area contributed by atoms with E-state index in [4.69, 9.17) is 15.7 Å². The molecule has 0 unspecified atom stereocenters. The summed E-state index contributed by atoms with van der Waals surface area (Å²) in [6.45, 7) is 1.11. The molecule has 1 amide bonds. The minimum absolute atomic E-state index is 0.361. The van der Waals surface area contributed by atoms with Crippen molar-refractivity contribution < 1.29 is 9.90 Å². The fraction of sp³-hybridized carbons (Fsp3) is 0.214. The molecule has 5 aromatic rings.